The maximum absolute atomic E-state index is 13.0. The Morgan fingerprint density at radius 2 is 1.86 bits per heavy atom. The number of rotatable bonds is 9. The second kappa shape index (κ2) is 10.9. The molecular formula is C21H25IN2O4. The fraction of sp³-hybridized carbons (Fsp3) is 0.333. The van der Waals surface area contributed by atoms with E-state index in [-0.39, 0.29) is 25.0 Å². The first-order chi connectivity index (χ1) is 13.5. The van der Waals surface area contributed by atoms with Crippen LogP contribution in [0.2, 0.25) is 0 Å². The summed E-state index contributed by atoms with van der Waals surface area (Å²) in [6.07, 6.45) is 0.499. The van der Waals surface area contributed by atoms with Gasteiger partial charge in [0.05, 0.1) is 7.11 Å². The molecule has 1 atom stereocenters. The van der Waals surface area contributed by atoms with Gasteiger partial charge in [-0.2, -0.15) is 0 Å². The number of benzene rings is 2. The van der Waals surface area contributed by atoms with Gasteiger partial charge in [-0.1, -0.05) is 19.1 Å². The smallest absolute Gasteiger partial charge is 0.261 e. The molecule has 0 bridgehead atoms. The fourth-order valence-electron chi connectivity index (χ4n) is 2.81. The monoisotopic (exact) mass is 496 g/mol. The maximum atomic E-state index is 13.0. The number of carbonyl (C=O) groups is 2. The van der Waals surface area contributed by atoms with Crippen molar-refractivity contribution in [1.82, 2.24) is 10.2 Å². The third-order valence-electron chi connectivity index (χ3n) is 4.30. The minimum Gasteiger partial charge on any atom is -0.497 e. The van der Waals surface area contributed by atoms with Gasteiger partial charge >= 0.3 is 0 Å². The maximum Gasteiger partial charge on any atom is 0.261 e. The molecule has 2 aromatic carbocycles. The molecule has 2 amide bonds. The van der Waals surface area contributed by atoms with Gasteiger partial charge in [0.25, 0.3) is 5.91 Å². The van der Waals surface area contributed by atoms with Crippen LogP contribution >= 0.6 is 22.6 Å². The Balaban J connectivity index is 2.19. The summed E-state index contributed by atoms with van der Waals surface area (Å²) in [6, 6.07) is 14.3. The standard InChI is InChI=1S/C21H25IN2O4/c1-4-19(21(26)23-2)24(13-15-6-5-7-18(12-15)27-3)20(25)14-28-17-10-8-16(22)9-11-17/h5-12,19H,4,13-14H2,1-3H3,(H,23,26)/t19-/m0/s1. The van der Waals surface area contributed by atoms with Gasteiger partial charge in [-0.05, 0) is 71.0 Å². The van der Waals surface area contributed by atoms with Crippen LogP contribution in [0.5, 0.6) is 11.5 Å². The first-order valence-electron chi connectivity index (χ1n) is 9.00. The highest BCUT2D eigenvalue weighted by atomic mass is 127. The Hall–Kier alpha value is -2.29. The van der Waals surface area contributed by atoms with E-state index >= 15 is 0 Å². The highest BCUT2D eigenvalue weighted by Crippen LogP contribution is 2.18. The van der Waals surface area contributed by atoms with Crippen LogP contribution in [0.4, 0.5) is 0 Å². The minimum atomic E-state index is -0.580. The highest BCUT2D eigenvalue weighted by Gasteiger charge is 2.28. The number of methoxy groups -OCH3 is 1. The van der Waals surface area contributed by atoms with Crippen LogP contribution in [0.25, 0.3) is 0 Å². The van der Waals surface area contributed by atoms with E-state index in [1.807, 2.05) is 55.5 Å². The molecule has 150 valence electrons. The molecule has 0 radical (unpaired) electrons. The number of hydrogen-bond donors (Lipinski definition) is 1. The average molecular weight is 496 g/mol. The summed E-state index contributed by atoms with van der Waals surface area (Å²) in [6.45, 7) is 2.03. The first kappa shape index (κ1) is 22.0. The number of likely N-dealkylation sites (N-methyl/N-ethyl adjacent to an activating group) is 1. The van der Waals surface area contributed by atoms with Gasteiger partial charge in [-0.3, -0.25) is 9.59 Å². The lowest BCUT2D eigenvalue weighted by atomic mass is 10.1. The molecule has 0 saturated heterocycles. The van der Waals surface area contributed by atoms with Crippen molar-refractivity contribution in [3.05, 3.63) is 57.7 Å². The summed E-state index contributed by atoms with van der Waals surface area (Å²) in [5.74, 6) is 0.862. The van der Waals surface area contributed by atoms with Crippen LogP contribution in [-0.2, 0) is 16.1 Å². The van der Waals surface area contributed by atoms with Crippen LogP contribution in [0.1, 0.15) is 18.9 Å². The predicted molar refractivity (Wildman–Crippen MR) is 116 cm³/mol. The van der Waals surface area contributed by atoms with Crippen LogP contribution < -0.4 is 14.8 Å². The number of nitrogens with zero attached hydrogens (tertiary/aromatic N) is 1. The van der Waals surface area contributed by atoms with E-state index in [4.69, 9.17) is 9.47 Å². The SMILES string of the molecule is CC[C@@H](C(=O)NC)N(Cc1cccc(OC)c1)C(=O)COc1ccc(I)cc1. The van der Waals surface area contributed by atoms with Crippen LogP contribution in [0, 0.1) is 3.57 Å². The van der Waals surface area contributed by atoms with Crippen molar-refractivity contribution in [2.75, 3.05) is 20.8 Å². The number of halogens is 1. The number of ether oxygens (including phenoxy) is 2. The summed E-state index contributed by atoms with van der Waals surface area (Å²) < 4.78 is 12.0. The molecule has 0 fully saturated rings. The zero-order chi connectivity index (χ0) is 20.5. The Labute approximate surface area is 179 Å². The fourth-order valence-corrected chi connectivity index (χ4v) is 3.17. The number of hydrogen-bond acceptors (Lipinski definition) is 4. The van der Waals surface area contributed by atoms with E-state index in [0.717, 1.165) is 9.13 Å². The predicted octanol–water partition coefficient (Wildman–Crippen LogP) is 3.23. The first-order valence-corrected chi connectivity index (χ1v) is 10.1. The number of amides is 2. The van der Waals surface area contributed by atoms with Crippen LogP contribution in [-0.4, -0.2) is 43.5 Å². The van der Waals surface area contributed by atoms with Crippen molar-refractivity contribution in [2.45, 2.75) is 25.9 Å². The van der Waals surface area contributed by atoms with Gasteiger partial charge in [0.15, 0.2) is 6.61 Å². The van der Waals surface area contributed by atoms with Crippen molar-refractivity contribution in [1.29, 1.82) is 0 Å². The van der Waals surface area contributed by atoms with E-state index in [1.54, 1.807) is 19.1 Å². The lowest BCUT2D eigenvalue weighted by Gasteiger charge is -2.30. The topological polar surface area (TPSA) is 67.9 Å². The molecule has 0 aliphatic rings. The molecule has 6 nitrogen and oxygen atoms in total. The van der Waals surface area contributed by atoms with Gasteiger partial charge in [0.1, 0.15) is 17.5 Å². The summed E-state index contributed by atoms with van der Waals surface area (Å²) in [4.78, 5) is 26.8. The Kier molecular flexibility index (Phi) is 8.56. The van der Waals surface area contributed by atoms with E-state index in [2.05, 4.69) is 27.9 Å². The zero-order valence-electron chi connectivity index (χ0n) is 16.3. The molecule has 1 N–H and O–H groups in total. The van der Waals surface area contributed by atoms with Crippen molar-refractivity contribution in [3.8, 4) is 11.5 Å². The second-order valence-corrected chi connectivity index (χ2v) is 7.40. The molecule has 0 saturated carbocycles. The van der Waals surface area contributed by atoms with Crippen molar-refractivity contribution in [2.24, 2.45) is 0 Å². The lowest BCUT2D eigenvalue weighted by Crippen LogP contribution is -2.49. The summed E-state index contributed by atoms with van der Waals surface area (Å²) in [5, 5.41) is 2.64. The van der Waals surface area contributed by atoms with Crippen LogP contribution in [0.3, 0.4) is 0 Å². The summed E-state index contributed by atoms with van der Waals surface area (Å²) >= 11 is 2.21. The Morgan fingerprint density at radius 1 is 1.14 bits per heavy atom. The van der Waals surface area contributed by atoms with Gasteiger partial charge in [0.2, 0.25) is 5.91 Å². The van der Waals surface area contributed by atoms with Gasteiger partial charge in [-0.25, -0.2) is 0 Å². The molecular weight excluding hydrogens is 471 g/mol. The largest absolute Gasteiger partial charge is 0.497 e. The van der Waals surface area contributed by atoms with Gasteiger partial charge in [0, 0.05) is 17.2 Å². The highest BCUT2D eigenvalue weighted by molar-refractivity contribution is 14.1. The van der Waals surface area contributed by atoms with E-state index in [9.17, 15) is 9.59 Å². The van der Waals surface area contributed by atoms with E-state index in [1.165, 1.54) is 0 Å². The summed E-state index contributed by atoms with van der Waals surface area (Å²) in [5.41, 5.74) is 0.879. The minimum absolute atomic E-state index is 0.141. The number of carbonyl (C=O) groups excluding carboxylic acids is 2. The lowest BCUT2D eigenvalue weighted by molar-refractivity contribution is -0.142. The zero-order valence-corrected chi connectivity index (χ0v) is 18.4. The second-order valence-electron chi connectivity index (χ2n) is 6.15. The number of nitrogens with one attached hydrogen (secondary N) is 1. The van der Waals surface area contributed by atoms with Crippen molar-refractivity contribution < 1.29 is 19.1 Å². The van der Waals surface area contributed by atoms with E-state index in [0.29, 0.717) is 17.9 Å². The molecule has 0 unspecified atom stereocenters. The normalized spacial score (nSPS) is 11.4. The molecule has 7 heteroatoms. The molecule has 0 aliphatic carbocycles. The van der Waals surface area contributed by atoms with Gasteiger partial charge in [-0.15, -0.1) is 0 Å². The molecule has 28 heavy (non-hydrogen) atoms. The molecule has 0 aromatic heterocycles. The molecule has 0 heterocycles. The Morgan fingerprint density at radius 3 is 2.46 bits per heavy atom. The van der Waals surface area contributed by atoms with E-state index < -0.39 is 6.04 Å². The molecule has 0 spiro atoms. The quantitative estimate of drug-likeness (QED) is 0.542. The van der Waals surface area contributed by atoms with Crippen molar-refractivity contribution >= 4 is 34.4 Å². The van der Waals surface area contributed by atoms with Crippen molar-refractivity contribution in [3.63, 3.8) is 0 Å². The Bertz CT molecular complexity index is 795. The van der Waals surface area contributed by atoms with Gasteiger partial charge < -0.3 is 19.7 Å². The van der Waals surface area contributed by atoms with Crippen LogP contribution in [0.15, 0.2) is 48.5 Å². The third kappa shape index (κ3) is 6.12. The molecule has 2 rings (SSSR count). The molecule has 2 aromatic rings. The third-order valence-corrected chi connectivity index (χ3v) is 5.01. The summed E-state index contributed by atoms with van der Waals surface area (Å²) in [7, 11) is 3.16. The molecule has 0 aliphatic heterocycles. The average Bonchev–Trinajstić information content (AvgIpc) is 2.72.